The molecule has 5 heteroatoms. The van der Waals surface area contributed by atoms with Crippen LogP contribution in [0.2, 0.25) is 0 Å². The van der Waals surface area contributed by atoms with Crippen LogP contribution in [0.3, 0.4) is 0 Å². The first-order valence-corrected chi connectivity index (χ1v) is 9.57. The number of hydrogen-bond donors (Lipinski definition) is 0. The molecule has 0 spiro atoms. The predicted octanol–water partition coefficient (Wildman–Crippen LogP) is 3.82. The van der Waals surface area contributed by atoms with E-state index in [2.05, 4.69) is 15.1 Å². The Kier molecular flexibility index (Phi) is 3.00. The van der Waals surface area contributed by atoms with E-state index >= 15 is 0 Å². The van der Waals surface area contributed by atoms with Gasteiger partial charge in [-0.05, 0) is 74.2 Å². The fourth-order valence-corrected chi connectivity index (χ4v) is 6.74. The zero-order valence-electron chi connectivity index (χ0n) is 12.8. The van der Waals surface area contributed by atoms with E-state index in [9.17, 15) is 0 Å². The molecule has 6 rings (SSSR count). The minimum absolute atomic E-state index is 0.666. The van der Waals surface area contributed by atoms with Gasteiger partial charge in [-0.3, -0.25) is 0 Å². The third kappa shape index (κ3) is 2.25. The highest BCUT2D eigenvalue weighted by molar-refractivity contribution is 7.99. The zero-order chi connectivity index (χ0) is 14.6. The van der Waals surface area contributed by atoms with Gasteiger partial charge >= 0.3 is 0 Å². The molecule has 0 saturated heterocycles. The molecule has 2 aromatic heterocycles. The summed E-state index contributed by atoms with van der Waals surface area (Å²) < 4.78 is 1.77. The van der Waals surface area contributed by atoms with Crippen molar-refractivity contribution in [1.82, 2.24) is 19.6 Å². The largest absolute Gasteiger partial charge is 0.253 e. The van der Waals surface area contributed by atoms with Gasteiger partial charge in [-0.15, -0.1) is 5.10 Å². The Balaban J connectivity index is 1.26. The summed E-state index contributed by atoms with van der Waals surface area (Å²) in [5.41, 5.74) is 0.666. The Hall–Kier alpha value is -1.10. The molecular weight excluding hydrogens is 292 g/mol. The molecule has 4 bridgehead atoms. The molecule has 2 aromatic rings. The highest BCUT2D eigenvalue weighted by Gasteiger charge is 2.50. The number of hydrogen-bond acceptors (Lipinski definition) is 4. The van der Waals surface area contributed by atoms with E-state index in [1.165, 1.54) is 44.9 Å². The van der Waals surface area contributed by atoms with Crippen LogP contribution in [0.25, 0.3) is 5.78 Å². The summed E-state index contributed by atoms with van der Waals surface area (Å²) >= 11 is 1.81. The molecule has 0 amide bonds. The molecule has 4 nitrogen and oxygen atoms in total. The lowest BCUT2D eigenvalue weighted by Gasteiger charge is -2.57. The van der Waals surface area contributed by atoms with Crippen molar-refractivity contribution in [2.24, 2.45) is 23.2 Å². The van der Waals surface area contributed by atoms with Gasteiger partial charge in [-0.2, -0.15) is 4.98 Å². The molecule has 0 N–H and O–H groups in total. The number of aromatic nitrogens is 4. The average Bonchev–Trinajstić information content (AvgIpc) is 2.88. The molecule has 0 aliphatic heterocycles. The van der Waals surface area contributed by atoms with Crippen molar-refractivity contribution in [2.75, 3.05) is 5.75 Å². The zero-order valence-corrected chi connectivity index (χ0v) is 13.6. The van der Waals surface area contributed by atoms with Gasteiger partial charge < -0.3 is 0 Å². The van der Waals surface area contributed by atoms with Crippen molar-refractivity contribution < 1.29 is 0 Å². The second-order valence-electron chi connectivity index (χ2n) is 7.77. The first-order valence-electron chi connectivity index (χ1n) is 8.58. The van der Waals surface area contributed by atoms with Crippen LogP contribution >= 0.6 is 11.8 Å². The lowest BCUT2D eigenvalue weighted by Crippen LogP contribution is -2.46. The van der Waals surface area contributed by atoms with Gasteiger partial charge in [-0.25, -0.2) is 9.50 Å². The molecule has 4 aliphatic carbocycles. The predicted molar refractivity (Wildman–Crippen MR) is 86.7 cm³/mol. The van der Waals surface area contributed by atoms with Crippen LogP contribution in [0.5, 0.6) is 0 Å². The number of thioether (sulfide) groups is 1. The van der Waals surface area contributed by atoms with Crippen LogP contribution in [-0.4, -0.2) is 25.3 Å². The topological polar surface area (TPSA) is 43.1 Å². The van der Waals surface area contributed by atoms with Crippen LogP contribution in [0.15, 0.2) is 23.6 Å². The summed E-state index contributed by atoms with van der Waals surface area (Å²) in [5, 5.41) is 5.38. The van der Waals surface area contributed by atoms with Gasteiger partial charge in [0, 0.05) is 18.1 Å². The highest BCUT2D eigenvalue weighted by atomic mass is 32.2. The fourth-order valence-electron chi connectivity index (χ4n) is 5.73. The summed E-state index contributed by atoms with van der Waals surface area (Å²) in [6, 6.07) is 1.89. The number of rotatable bonds is 4. The van der Waals surface area contributed by atoms with E-state index in [-0.39, 0.29) is 0 Å². The summed E-state index contributed by atoms with van der Waals surface area (Å²) in [5.74, 6) is 5.01. The summed E-state index contributed by atoms with van der Waals surface area (Å²) in [7, 11) is 0. The standard InChI is InChI=1S/C17H22N4S/c1-3-18-15-19-16(20-21(15)4-1)22-5-2-17-9-12-6-13(10-17)8-14(7-12)11-17/h1,3-4,12-14H,2,5-11H2. The van der Waals surface area contributed by atoms with Gasteiger partial charge in [-0.1, -0.05) is 11.8 Å². The maximum Gasteiger partial charge on any atom is 0.253 e. The summed E-state index contributed by atoms with van der Waals surface area (Å²) in [6.07, 6.45) is 14.1. The van der Waals surface area contributed by atoms with Crippen molar-refractivity contribution in [2.45, 2.75) is 50.1 Å². The molecular formula is C17H22N4S. The first kappa shape index (κ1) is 13.3. The van der Waals surface area contributed by atoms with Gasteiger partial charge in [0.2, 0.25) is 5.16 Å². The Labute approximate surface area is 135 Å². The molecule has 0 radical (unpaired) electrons. The molecule has 4 aliphatic rings. The van der Waals surface area contributed by atoms with Gasteiger partial charge in [0.05, 0.1) is 0 Å². The van der Waals surface area contributed by atoms with Crippen molar-refractivity contribution in [3.8, 4) is 0 Å². The van der Waals surface area contributed by atoms with Gasteiger partial charge in [0.25, 0.3) is 5.78 Å². The monoisotopic (exact) mass is 314 g/mol. The molecule has 0 atom stereocenters. The summed E-state index contributed by atoms with van der Waals surface area (Å²) in [6.45, 7) is 0. The molecule has 4 saturated carbocycles. The van der Waals surface area contributed by atoms with Crippen molar-refractivity contribution in [3.63, 3.8) is 0 Å². The van der Waals surface area contributed by atoms with E-state index in [0.29, 0.717) is 11.2 Å². The van der Waals surface area contributed by atoms with E-state index in [4.69, 9.17) is 0 Å². The SMILES string of the molecule is c1cnc2nc(SCCC34CC5CC(CC(C5)C3)C4)nn2c1. The van der Waals surface area contributed by atoms with E-state index in [1.807, 2.05) is 24.0 Å². The number of nitrogens with zero attached hydrogens (tertiary/aromatic N) is 4. The third-order valence-corrected chi connectivity index (χ3v) is 6.97. The van der Waals surface area contributed by atoms with Crippen LogP contribution in [0.4, 0.5) is 0 Å². The van der Waals surface area contributed by atoms with E-state index in [1.54, 1.807) is 10.7 Å². The Morgan fingerprint density at radius 3 is 2.55 bits per heavy atom. The smallest absolute Gasteiger partial charge is 0.220 e. The third-order valence-electron chi connectivity index (χ3n) is 6.13. The second-order valence-corrected chi connectivity index (χ2v) is 8.84. The van der Waals surface area contributed by atoms with Crippen molar-refractivity contribution in [1.29, 1.82) is 0 Å². The normalized spacial score (nSPS) is 36.3. The molecule has 116 valence electrons. The Bertz CT molecular complexity index is 626. The first-order chi connectivity index (χ1) is 10.8. The average molecular weight is 314 g/mol. The molecule has 0 aromatic carbocycles. The highest BCUT2D eigenvalue weighted by Crippen LogP contribution is 2.61. The minimum Gasteiger partial charge on any atom is -0.220 e. The van der Waals surface area contributed by atoms with Crippen molar-refractivity contribution >= 4 is 17.5 Å². The fraction of sp³-hybridized carbons (Fsp3) is 0.706. The van der Waals surface area contributed by atoms with E-state index < -0.39 is 0 Å². The minimum atomic E-state index is 0.666. The number of fused-ring (bicyclic) bond motifs is 1. The van der Waals surface area contributed by atoms with Crippen LogP contribution in [-0.2, 0) is 0 Å². The second kappa shape index (κ2) is 4.95. The molecule has 2 heterocycles. The van der Waals surface area contributed by atoms with Gasteiger partial charge in [0.1, 0.15) is 0 Å². The lowest BCUT2D eigenvalue weighted by atomic mass is 9.49. The maximum atomic E-state index is 4.50. The molecule has 0 unspecified atom stereocenters. The maximum absolute atomic E-state index is 4.50. The van der Waals surface area contributed by atoms with Crippen LogP contribution in [0, 0.1) is 23.2 Å². The lowest BCUT2D eigenvalue weighted by molar-refractivity contribution is -0.0538. The molecule has 22 heavy (non-hydrogen) atoms. The van der Waals surface area contributed by atoms with Crippen LogP contribution in [0.1, 0.15) is 44.9 Å². The van der Waals surface area contributed by atoms with Crippen LogP contribution < -0.4 is 0 Å². The van der Waals surface area contributed by atoms with Gasteiger partial charge in [0.15, 0.2) is 0 Å². The molecule has 4 fully saturated rings. The Morgan fingerprint density at radius 1 is 1.14 bits per heavy atom. The quantitative estimate of drug-likeness (QED) is 0.805. The Morgan fingerprint density at radius 2 is 1.86 bits per heavy atom. The van der Waals surface area contributed by atoms with Crippen molar-refractivity contribution in [3.05, 3.63) is 18.5 Å². The summed E-state index contributed by atoms with van der Waals surface area (Å²) in [4.78, 5) is 8.74. The van der Waals surface area contributed by atoms with E-state index in [0.717, 1.165) is 28.7 Å².